The van der Waals surface area contributed by atoms with Crippen LogP contribution in [0.5, 0.6) is 0 Å². The zero-order chi connectivity index (χ0) is 13.9. The Morgan fingerprint density at radius 2 is 2.00 bits per heavy atom. The fourth-order valence-corrected chi connectivity index (χ4v) is 4.30. The fourth-order valence-electron chi connectivity index (χ4n) is 3.48. The zero-order valence-corrected chi connectivity index (χ0v) is 15.1. The molecule has 2 N–H and O–H groups in total. The molecule has 1 aliphatic heterocycles. The van der Waals surface area contributed by atoms with Gasteiger partial charge in [0.05, 0.1) is 5.01 Å². The molecule has 0 aromatic carbocycles. The first kappa shape index (κ1) is 19.7. The summed E-state index contributed by atoms with van der Waals surface area (Å²) in [5.41, 5.74) is 6.07. The lowest BCUT2D eigenvalue weighted by atomic mass is 9.95. The summed E-state index contributed by atoms with van der Waals surface area (Å²) in [7, 11) is 0. The van der Waals surface area contributed by atoms with Crippen LogP contribution in [0.15, 0.2) is 11.6 Å². The number of thiazole rings is 1. The molecule has 126 valence electrons. The van der Waals surface area contributed by atoms with Crippen LogP contribution in [0.4, 0.5) is 0 Å². The highest BCUT2D eigenvalue weighted by Crippen LogP contribution is 2.31. The zero-order valence-electron chi connectivity index (χ0n) is 12.6. The van der Waals surface area contributed by atoms with Crippen molar-refractivity contribution < 1.29 is 4.79 Å². The van der Waals surface area contributed by atoms with Gasteiger partial charge in [-0.25, -0.2) is 4.98 Å². The molecule has 0 radical (unpaired) electrons. The number of aromatic nitrogens is 1. The Morgan fingerprint density at radius 3 is 2.55 bits per heavy atom. The Bertz CT molecular complexity index is 450. The lowest BCUT2D eigenvalue weighted by Gasteiger charge is -2.32. The number of nitrogens with zero attached hydrogens (tertiary/aromatic N) is 2. The van der Waals surface area contributed by atoms with E-state index in [1.165, 1.54) is 11.4 Å². The monoisotopic (exact) mass is 365 g/mol. The van der Waals surface area contributed by atoms with E-state index in [2.05, 4.69) is 4.98 Å². The molecule has 1 aromatic rings. The van der Waals surface area contributed by atoms with Crippen molar-refractivity contribution in [2.24, 2.45) is 11.7 Å². The molecule has 7 heteroatoms. The second-order valence-corrected chi connectivity index (χ2v) is 7.01. The number of amides is 1. The van der Waals surface area contributed by atoms with Crippen LogP contribution in [-0.4, -0.2) is 34.9 Å². The van der Waals surface area contributed by atoms with Crippen LogP contribution in [0.2, 0.25) is 0 Å². The van der Waals surface area contributed by atoms with E-state index in [-0.39, 0.29) is 30.9 Å². The van der Waals surface area contributed by atoms with Crippen molar-refractivity contribution >= 4 is 42.1 Å². The maximum atomic E-state index is 12.4. The number of rotatable bonds is 3. The van der Waals surface area contributed by atoms with Crippen LogP contribution in [0.1, 0.15) is 49.5 Å². The summed E-state index contributed by atoms with van der Waals surface area (Å²) >= 11 is 1.73. The first-order valence-electron chi connectivity index (χ1n) is 7.67. The number of likely N-dealkylation sites (tertiary alicyclic amines) is 1. The largest absolute Gasteiger partial charge is 0.343 e. The Morgan fingerprint density at radius 1 is 1.27 bits per heavy atom. The average molecular weight is 366 g/mol. The number of carbonyl (C=O) groups excluding carboxylic acids is 1. The molecule has 2 aliphatic rings. The van der Waals surface area contributed by atoms with E-state index in [1.807, 2.05) is 16.5 Å². The second-order valence-electron chi connectivity index (χ2n) is 6.08. The van der Waals surface area contributed by atoms with Crippen LogP contribution in [-0.2, 0) is 4.79 Å². The molecular formula is C15H25Cl2N3OS. The maximum Gasteiger partial charge on any atom is 0.222 e. The van der Waals surface area contributed by atoms with Gasteiger partial charge in [-0.1, -0.05) is 6.42 Å². The average Bonchev–Trinajstić information content (AvgIpc) is 3.12. The van der Waals surface area contributed by atoms with Crippen molar-refractivity contribution in [1.29, 1.82) is 0 Å². The van der Waals surface area contributed by atoms with Gasteiger partial charge in [-0.2, -0.15) is 0 Å². The van der Waals surface area contributed by atoms with E-state index in [0.29, 0.717) is 24.2 Å². The fraction of sp³-hybridized carbons (Fsp3) is 0.733. The number of hydrogen-bond donors (Lipinski definition) is 1. The van der Waals surface area contributed by atoms with E-state index in [1.54, 1.807) is 11.3 Å². The summed E-state index contributed by atoms with van der Waals surface area (Å²) in [6.07, 6.45) is 8.03. The number of halogens is 2. The minimum Gasteiger partial charge on any atom is -0.343 e. The second kappa shape index (κ2) is 9.06. The highest BCUT2D eigenvalue weighted by molar-refractivity contribution is 7.09. The molecule has 2 atom stereocenters. The quantitative estimate of drug-likeness (QED) is 0.894. The van der Waals surface area contributed by atoms with Crippen LogP contribution in [0, 0.1) is 5.92 Å². The Kier molecular flexibility index (Phi) is 8.11. The molecule has 0 spiro atoms. The molecule has 3 rings (SSSR count). The molecule has 1 aliphatic carbocycles. The molecule has 22 heavy (non-hydrogen) atoms. The Hall–Kier alpha value is -0.360. The third-order valence-corrected chi connectivity index (χ3v) is 5.74. The summed E-state index contributed by atoms with van der Waals surface area (Å²) < 4.78 is 0. The van der Waals surface area contributed by atoms with Gasteiger partial charge in [0.15, 0.2) is 0 Å². The molecular weight excluding hydrogens is 341 g/mol. The van der Waals surface area contributed by atoms with Crippen LogP contribution >= 0.6 is 36.2 Å². The van der Waals surface area contributed by atoms with Crippen molar-refractivity contribution in [3.05, 3.63) is 16.6 Å². The minimum absolute atomic E-state index is 0. The number of hydrogen-bond acceptors (Lipinski definition) is 4. The normalized spacial score (nSPS) is 25.4. The van der Waals surface area contributed by atoms with Crippen molar-refractivity contribution in [2.75, 3.05) is 13.1 Å². The third-order valence-electron chi connectivity index (χ3n) is 4.80. The van der Waals surface area contributed by atoms with Crippen LogP contribution in [0.25, 0.3) is 0 Å². The van der Waals surface area contributed by atoms with Gasteiger partial charge < -0.3 is 10.6 Å². The van der Waals surface area contributed by atoms with E-state index in [0.717, 1.165) is 38.8 Å². The van der Waals surface area contributed by atoms with Crippen LogP contribution in [0.3, 0.4) is 0 Å². The van der Waals surface area contributed by atoms with Crippen molar-refractivity contribution in [3.8, 4) is 0 Å². The third kappa shape index (κ3) is 4.57. The highest BCUT2D eigenvalue weighted by Gasteiger charge is 2.30. The summed E-state index contributed by atoms with van der Waals surface area (Å²) in [4.78, 5) is 18.8. The number of carbonyl (C=O) groups is 1. The van der Waals surface area contributed by atoms with E-state index in [9.17, 15) is 4.79 Å². The number of piperidine rings is 1. The van der Waals surface area contributed by atoms with Gasteiger partial charge in [-0.05, 0) is 31.6 Å². The molecule has 1 saturated carbocycles. The first-order valence-corrected chi connectivity index (χ1v) is 8.54. The van der Waals surface area contributed by atoms with Gasteiger partial charge in [0.2, 0.25) is 5.91 Å². The van der Waals surface area contributed by atoms with Crippen molar-refractivity contribution in [3.63, 3.8) is 0 Å². The number of nitrogens with two attached hydrogens (primary N) is 1. The summed E-state index contributed by atoms with van der Waals surface area (Å²) in [6.45, 7) is 1.76. The standard InChI is InChI=1S/C15H23N3OS.2ClH/c16-13-3-1-2-12(13)10-14(19)18-7-4-11(5-8-18)15-17-6-9-20-15;;/h6,9,11-13H,1-5,7-8,10,16H2;2*1H/t12-,13+;;/m0../s1. The SMILES string of the molecule is Cl.Cl.N[C@@H]1CCC[C@H]1CC(=O)N1CCC(c2nccs2)CC1. The predicted molar refractivity (Wildman–Crippen MR) is 95.1 cm³/mol. The van der Waals surface area contributed by atoms with Crippen LogP contribution < -0.4 is 5.73 Å². The Labute approximate surface area is 148 Å². The first-order chi connectivity index (χ1) is 9.74. The molecule has 1 aromatic heterocycles. The summed E-state index contributed by atoms with van der Waals surface area (Å²) in [6, 6.07) is 0.242. The van der Waals surface area contributed by atoms with Gasteiger partial charge in [-0.3, -0.25) is 4.79 Å². The van der Waals surface area contributed by atoms with E-state index in [4.69, 9.17) is 5.73 Å². The maximum absolute atomic E-state index is 12.4. The predicted octanol–water partition coefficient (Wildman–Crippen LogP) is 3.21. The van der Waals surface area contributed by atoms with Gasteiger partial charge >= 0.3 is 0 Å². The van der Waals surface area contributed by atoms with Gasteiger partial charge in [0, 0.05) is 43.0 Å². The minimum atomic E-state index is 0. The van der Waals surface area contributed by atoms with E-state index < -0.39 is 0 Å². The highest BCUT2D eigenvalue weighted by atomic mass is 35.5. The topological polar surface area (TPSA) is 59.2 Å². The molecule has 1 amide bonds. The molecule has 4 nitrogen and oxygen atoms in total. The van der Waals surface area contributed by atoms with Crippen molar-refractivity contribution in [2.45, 2.75) is 50.5 Å². The molecule has 0 unspecified atom stereocenters. The molecule has 0 bridgehead atoms. The Balaban J connectivity index is 0.00000121. The van der Waals surface area contributed by atoms with Gasteiger partial charge in [0.25, 0.3) is 0 Å². The van der Waals surface area contributed by atoms with E-state index >= 15 is 0 Å². The molecule has 1 saturated heterocycles. The molecule has 2 heterocycles. The molecule has 2 fully saturated rings. The lowest BCUT2D eigenvalue weighted by Crippen LogP contribution is -2.40. The summed E-state index contributed by atoms with van der Waals surface area (Å²) in [5, 5.41) is 3.27. The van der Waals surface area contributed by atoms with Crippen molar-refractivity contribution in [1.82, 2.24) is 9.88 Å². The lowest BCUT2D eigenvalue weighted by molar-refractivity contribution is -0.133. The summed E-state index contributed by atoms with van der Waals surface area (Å²) in [5.74, 6) is 1.27. The van der Waals surface area contributed by atoms with Gasteiger partial charge in [-0.15, -0.1) is 36.2 Å². The van der Waals surface area contributed by atoms with Gasteiger partial charge in [0.1, 0.15) is 0 Å². The smallest absolute Gasteiger partial charge is 0.222 e.